The van der Waals surface area contributed by atoms with E-state index in [2.05, 4.69) is 20.8 Å². The zero-order valence-corrected chi connectivity index (χ0v) is 12.2. The summed E-state index contributed by atoms with van der Waals surface area (Å²) in [6.07, 6.45) is 3.42. The fourth-order valence-electron chi connectivity index (χ4n) is 2.22. The summed E-state index contributed by atoms with van der Waals surface area (Å²) < 4.78 is 19.7. The van der Waals surface area contributed by atoms with Gasteiger partial charge >= 0.3 is 0 Å². The lowest BCUT2D eigenvalue weighted by Crippen LogP contribution is -2.22. The first-order chi connectivity index (χ1) is 9.22. The van der Waals surface area contributed by atoms with Crippen molar-refractivity contribution in [2.45, 2.75) is 19.3 Å². The highest BCUT2D eigenvalue weighted by atomic mass is 79.9. The van der Waals surface area contributed by atoms with Crippen LogP contribution in [0.4, 0.5) is 4.39 Å². The molecule has 3 nitrogen and oxygen atoms in total. The Labute approximate surface area is 121 Å². The minimum atomic E-state index is -0.585. The Hall–Kier alpha value is -1.12. The number of likely N-dealkylation sites (tertiary alicyclic amines) is 1. The highest BCUT2D eigenvalue weighted by Gasteiger charge is 2.13. The molecule has 1 saturated heterocycles. The van der Waals surface area contributed by atoms with Gasteiger partial charge in [0.1, 0.15) is 11.6 Å². The van der Waals surface area contributed by atoms with E-state index in [0.29, 0.717) is 11.1 Å². The molecule has 0 radical (unpaired) electrons. The smallest absolute Gasteiger partial charge is 0.183 e. The first-order valence-corrected chi connectivity index (χ1v) is 7.25. The summed E-state index contributed by atoms with van der Waals surface area (Å²) in [7, 11) is 0. The zero-order chi connectivity index (χ0) is 13.7. The van der Waals surface area contributed by atoms with Crippen molar-refractivity contribution >= 4 is 15.9 Å². The maximum absolute atomic E-state index is 13.9. The molecule has 0 atom stereocenters. The van der Waals surface area contributed by atoms with E-state index in [9.17, 15) is 4.39 Å². The molecule has 0 unspecified atom stereocenters. The van der Waals surface area contributed by atoms with Crippen LogP contribution >= 0.6 is 15.9 Å². The summed E-state index contributed by atoms with van der Waals surface area (Å²) in [5, 5.41) is 8.86. The lowest BCUT2D eigenvalue weighted by molar-refractivity contribution is 0.255. The van der Waals surface area contributed by atoms with Gasteiger partial charge in [-0.2, -0.15) is 5.26 Å². The summed E-state index contributed by atoms with van der Waals surface area (Å²) in [4.78, 5) is 2.39. The molecule has 2 rings (SSSR count). The van der Waals surface area contributed by atoms with Gasteiger partial charge in [-0.25, -0.2) is 4.39 Å². The number of nitrogens with zero attached hydrogens (tertiary/aromatic N) is 2. The van der Waals surface area contributed by atoms with Crippen molar-refractivity contribution in [2.24, 2.45) is 0 Å². The average molecular weight is 327 g/mol. The van der Waals surface area contributed by atoms with Crippen LogP contribution in [0.3, 0.4) is 0 Å². The van der Waals surface area contributed by atoms with E-state index >= 15 is 0 Å². The Kier molecular flexibility index (Phi) is 5.17. The van der Waals surface area contributed by atoms with E-state index in [1.54, 1.807) is 12.1 Å². The van der Waals surface area contributed by atoms with Gasteiger partial charge in [-0.05, 0) is 60.4 Å². The molecule has 0 saturated carbocycles. The predicted octanol–water partition coefficient (Wildman–Crippen LogP) is 3.32. The molecule has 0 bridgehead atoms. The van der Waals surface area contributed by atoms with Gasteiger partial charge in [-0.3, -0.25) is 0 Å². The van der Waals surface area contributed by atoms with Crippen LogP contribution in [0.1, 0.15) is 24.8 Å². The molecule has 0 amide bonds. The molecule has 102 valence electrons. The Bertz CT molecular complexity index is 481. The topological polar surface area (TPSA) is 36.3 Å². The monoisotopic (exact) mass is 326 g/mol. The third-order valence-corrected chi connectivity index (χ3v) is 3.90. The molecule has 0 N–H and O–H groups in total. The Morgan fingerprint density at radius 2 is 2.11 bits per heavy atom. The van der Waals surface area contributed by atoms with Gasteiger partial charge in [0.15, 0.2) is 11.6 Å². The maximum Gasteiger partial charge on any atom is 0.183 e. The number of halogens is 2. The van der Waals surface area contributed by atoms with Crippen molar-refractivity contribution in [1.29, 1.82) is 5.26 Å². The van der Waals surface area contributed by atoms with Gasteiger partial charge in [-0.15, -0.1) is 0 Å². The largest absolute Gasteiger partial charge is 0.490 e. The highest BCUT2D eigenvalue weighted by molar-refractivity contribution is 9.10. The van der Waals surface area contributed by atoms with Crippen LogP contribution in [-0.2, 0) is 0 Å². The number of rotatable bonds is 5. The average Bonchev–Trinajstić information content (AvgIpc) is 2.90. The second-order valence-corrected chi connectivity index (χ2v) is 5.45. The second kappa shape index (κ2) is 6.88. The summed E-state index contributed by atoms with van der Waals surface area (Å²) in [5.74, 6) is -0.431. The molecule has 1 aliphatic rings. The van der Waals surface area contributed by atoms with Gasteiger partial charge in [-0.1, -0.05) is 0 Å². The summed E-state index contributed by atoms with van der Waals surface area (Å²) in [6, 6.07) is 5.02. The van der Waals surface area contributed by atoms with Crippen molar-refractivity contribution in [2.75, 3.05) is 26.2 Å². The Balaban J connectivity index is 1.84. The lowest BCUT2D eigenvalue weighted by Gasteiger charge is -2.14. The van der Waals surface area contributed by atoms with E-state index in [1.165, 1.54) is 12.8 Å². The predicted molar refractivity (Wildman–Crippen MR) is 74.6 cm³/mol. The molecular formula is C14H16BrFN2O. The van der Waals surface area contributed by atoms with Crippen LogP contribution in [0.25, 0.3) is 0 Å². The van der Waals surface area contributed by atoms with Crippen LogP contribution in [0.2, 0.25) is 0 Å². The number of hydrogen-bond acceptors (Lipinski definition) is 3. The third-order valence-electron chi connectivity index (χ3n) is 3.24. The fourth-order valence-corrected chi connectivity index (χ4v) is 2.62. The lowest BCUT2D eigenvalue weighted by atomic mass is 10.2. The Morgan fingerprint density at radius 1 is 1.37 bits per heavy atom. The van der Waals surface area contributed by atoms with Gasteiger partial charge in [0, 0.05) is 11.0 Å². The van der Waals surface area contributed by atoms with Crippen molar-refractivity contribution in [3.05, 3.63) is 28.0 Å². The molecule has 1 fully saturated rings. The minimum absolute atomic E-state index is 0.00274. The number of ether oxygens (including phenoxy) is 1. The van der Waals surface area contributed by atoms with E-state index in [4.69, 9.17) is 10.00 Å². The van der Waals surface area contributed by atoms with Crippen LogP contribution in [0.5, 0.6) is 5.75 Å². The quantitative estimate of drug-likeness (QED) is 0.779. The number of benzene rings is 1. The molecule has 1 aromatic rings. The zero-order valence-electron chi connectivity index (χ0n) is 10.7. The standard InChI is InChI=1S/C14H16BrFN2O/c15-12-4-5-13(14(16)11(12)10-17)19-9-3-8-18-6-1-2-7-18/h4-5H,1-3,6-9H2. The number of nitriles is 1. The maximum atomic E-state index is 13.9. The molecule has 0 aliphatic carbocycles. The molecular weight excluding hydrogens is 311 g/mol. The first-order valence-electron chi connectivity index (χ1n) is 6.45. The van der Waals surface area contributed by atoms with Crippen LogP contribution < -0.4 is 4.74 Å². The van der Waals surface area contributed by atoms with Crippen LogP contribution in [0.15, 0.2) is 16.6 Å². The molecule has 1 heterocycles. The van der Waals surface area contributed by atoms with Crippen molar-refractivity contribution < 1.29 is 9.13 Å². The van der Waals surface area contributed by atoms with Crippen LogP contribution in [0, 0.1) is 17.1 Å². The number of hydrogen-bond donors (Lipinski definition) is 0. The van der Waals surface area contributed by atoms with Gasteiger partial charge < -0.3 is 9.64 Å². The van der Waals surface area contributed by atoms with Crippen molar-refractivity contribution in [3.8, 4) is 11.8 Å². The van der Waals surface area contributed by atoms with Crippen LogP contribution in [-0.4, -0.2) is 31.1 Å². The molecule has 19 heavy (non-hydrogen) atoms. The van der Waals surface area contributed by atoms with Gasteiger partial charge in [0.25, 0.3) is 0 Å². The molecule has 1 aromatic carbocycles. The van der Waals surface area contributed by atoms with E-state index in [1.807, 2.05) is 6.07 Å². The minimum Gasteiger partial charge on any atom is -0.490 e. The third kappa shape index (κ3) is 3.68. The fraction of sp³-hybridized carbons (Fsp3) is 0.500. The normalized spacial score (nSPS) is 15.4. The summed E-state index contributed by atoms with van der Waals surface area (Å²) in [5.41, 5.74) is -0.00274. The van der Waals surface area contributed by atoms with Crippen molar-refractivity contribution in [1.82, 2.24) is 4.90 Å². The first kappa shape index (κ1) is 14.3. The molecule has 0 spiro atoms. The van der Waals surface area contributed by atoms with Gasteiger partial charge in [0.05, 0.1) is 6.61 Å². The Morgan fingerprint density at radius 3 is 2.79 bits per heavy atom. The summed E-state index contributed by atoms with van der Waals surface area (Å²) in [6.45, 7) is 3.78. The van der Waals surface area contributed by atoms with E-state index in [-0.39, 0.29) is 11.3 Å². The molecule has 5 heteroatoms. The summed E-state index contributed by atoms with van der Waals surface area (Å²) >= 11 is 3.14. The van der Waals surface area contributed by atoms with E-state index < -0.39 is 5.82 Å². The van der Waals surface area contributed by atoms with Gasteiger partial charge in [0.2, 0.25) is 0 Å². The van der Waals surface area contributed by atoms with Crippen molar-refractivity contribution in [3.63, 3.8) is 0 Å². The molecule has 1 aliphatic heterocycles. The highest BCUT2D eigenvalue weighted by Crippen LogP contribution is 2.27. The second-order valence-electron chi connectivity index (χ2n) is 4.60. The molecule has 0 aromatic heterocycles. The van der Waals surface area contributed by atoms with E-state index in [0.717, 1.165) is 26.1 Å². The SMILES string of the molecule is N#Cc1c(Br)ccc(OCCCN2CCCC2)c1F.